The van der Waals surface area contributed by atoms with Crippen LogP contribution in [-0.4, -0.2) is 78.8 Å². The highest BCUT2D eigenvalue weighted by atomic mass is 79.9. The van der Waals surface area contributed by atoms with Crippen LogP contribution in [0.25, 0.3) is 0 Å². The van der Waals surface area contributed by atoms with Crippen molar-refractivity contribution in [3.8, 4) is 0 Å². The minimum absolute atomic E-state index is 0. The smallest absolute Gasteiger partial charge is 0.306 e. The predicted molar refractivity (Wildman–Crippen MR) is 166 cm³/mol. The number of piperidine rings is 2. The van der Waals surface area contributed by atoms with E-state index in [1.54, 1.807) is 0 Å². The van der Waals surface area contributed by atoms with Crippen molar-refractivity contribution in [3.63, 3.8) is 0 Å². The molecule has 2 aliphatic heterocycles. The molecule has 4 saturated carbocycles. The van der Waals surface area contributed by atoms with Gasteiger partial charge in [-0.2, -0.15) is 0 Å². The van der Waals surface area contributed by atoms with E-state index in [0.29, 0.717) is 48.1 Å². The van der Waals surface area contributed by atoms with Crippen molar-refractivity contribution < 1.29 is 40.5 Å². The standard InChI is InChI=1S/C36H61N2O4.BrH/c1-6-32(39)41-31-22-25-14-15-26-27(36(25,4)24-29(31)37-18-10-8-11-19-37)16-17-35(3)28(26)23-30(34(35)42-33(40)7-2)38(5)20-12-9-13-21-38;/h25-31,34H,6-24H2,1-5H3;1H/q+1;/p-1/t25-,26+,27-,28-,29-,30-,31-,34+,35-,36-;/m0./s1. The van der Waals surface area contributed by atoms with E-state index < -0.39 is 0 Å². The molecule has 10 atom stereocenters. The van der Waals surface area contributed by atoms with Gasteiger partial charge in [-0.3, -0.25) is 14.5 Å². The van der Waals surface area contributed by atoms with E-state index >= 15 is 0 Å². The average molecular weight is 666 g/mol. The van der Waals surface area contributed by atoms with Crippen molar-refractivity contribution in [2.45, 2.75) is 148 Å². The topological polar surface area (TPSA) is 55.8 Å². The molecule has 0 unspecified atom stereocenters. The van der Waals surface area contributed by atoms with Gasteiger partial charge in [-0.15, -0.1) is 0 Å². The number of carbonyl (C=O) groups is 2. The Morgan fingerprint density at radius 1 is 0.814 bits per heavy atom. The molecule has 6 aliphatic rings. The van der Waals surface area contributed by atoms with Gasteiger partial charge in [0, 0.05) is 30.7 Å². The molecule has 6 nitrogen and oxygen atoms in total. The summed E-state index contributed by atoms with van der Waals surface area (Å²) in [5, 5.41) is 0. The van der Waals surface area contributed by atoms with Crippen LogP contribution in [0.15, 0.2) is 0 Å². The maximum Gasteiger partial charge on any atom is 0.306 e. The predicted octanol–water partition coefficient (Wildman–Crippen LogP) is 3.75. The number of rotatable bonds is 6. The number of hydrogen-bond donors (Lipinski definition) is 0. The molecule has 2 saturated heterocycles. The maximum atomic E-state index is 12.9. The van der Waals surface area contributed by atoms with E-state index in [1.165, 1.54) is 90.1 Å². The third kappa shape index (κ3) is 5.99. The van der Waals surface area contributed by atoms with E-state index in [4.69, 9.17) is 9.47 Å². The molecular formula is C36H61BrN2O4. The summed E-state index contributed by atoms with van der Waals surface area (Å²) in [5.41, 5.74) is 0.372. The first kappa shape index (κ1) is 33.7. The van der Waals surface area contributed by atoms with Gasteiger partial charge in [0.2, 0.25) is 0 Å². The number of esters is 2. The van der Waals surface area contributed by atoms with Crippen LogP contribution in [0.5, 0.6) is 0 Å². The van der Waals surface area contributed by atoms with Gasteiger partial charge in [0.05, 0.1) is 20.1 Å². The van der Waals surface area contributed by atoms with Crippen LogP contribution in [0.1, 0.15) is 124 Å². The maximum absolute atomic E-state index is 12.9. The molecule has 0 aromatic heterocycles. The van der Waals surface area contributed by atoms with E-state index in [9.17, 15) is 9.59 Å². The number of likely N-dealkylation sites (tertiary alicyclic amines) is 2. The van der Waals surface area contributed by atoms with E-state index in [-0.39, 0.29) is 46.5 Å². The van der Waals surface area contributed by atoms with Gasteiger partial charge in [0.1, 0.15) is 12.1 Å². The second kappa shape index (κ2) is 13.2. The molecule has 246 valence electrons. The molecule has 0 bridgehead atoms. The Labute approximate surface area is 272 Å². The molecule has 0 amide bonds. The number of likely N-dealkylation sites (N-methyl/N-ethyl adjacent to an activating group) is 1. The summed E-state index contributed by atoms with van der Waals surface area (Å²) in [6, 6.07) is 0.798. The Morgan fingerprint density at radius 3 is 2.14 bits per heavy atom. The van der Waals surface area contributed by atoms with Crippen molar-refractivity contribution in [2.75, 3.05) is 33.2 Å². The second-order valence-corrected chi connectivity index (χ2v) is 16.2. The number of hydrogen-bond acceptors (Lipinski definition) is 5. The minimum atomic E-state index is -0.0215. The van der Waals surface area contributed by atoms with Gasteiger partial charge in [-0.1, -0.05) is 34.1 Å². The molecule has 4 aliphatic carbocycles. The zero-order valence-corrected chi connectivity index (χ0v) is 29.5. The normalized spacial score (nSPS) is 44.2. The number of fused-ring (bicyclic) bond motifs is 5. The Morgan fingerprint density at radius 2 is 1.47 bits per heavy atom. The Bertz CT molecular complexity index is 996. The van der Waals surface area contributed by atoms with Gasteiger partial charge in [-0.05, 0) is 113 Å². The van der Waals surface area contributed by atoms with Crippen molar-refractivity contribution in [2.24, 2.45) is 34.5 Å². The summed E-state index contributed by atoms with van der Waals surface area (Å²) in [6.45, 7) is 13.8. The zero-order chi connectivity index (χ0) is 29.7. The second-order valence-electron chi connectivity index (χ2n) is 16.2. The molecule has 7 heteroatoms. The van der Waals surface area contributed by atoms with Gasteiger partial charge in [0.15, 0.2) is 6.10 Å². The molecule has 0 spiro atoms. The highest BCUT2D eigenvalue weighted by molar-refractivity contribution is 5.69. The van der Waals surface area contributed by atoms with Gasteiger partial charge >= 0.3 is 11.9 Å². The molecular weight excluding hydrogens is 604 g/mol. The van der Waals surface area contributed by atoms with E-state index in [0.717, 1.165) is 29.9 Å². The lowest BCUT2D eigenvalue weighted by Gasteiger charge is -2.62. The quantitative estimate of drug-likeness (QED) is 0.320. The molecule has 43 heavy (non-hydrogen) atoms. The van der Waals surface area contributed by atoms with Crippen molar-refractivity contribution in [1.82, 2.24) is 4.90 Å². The lowest BCUT2D eigenvalue weighted by Crippen LogP contribution is -3.00. The van der Waals surface area contributed by atoms with Crippen molar-refractivity contribution >= 4 is 11.9 Å². The van der Waals surface area contributed by atoms with Crippen molar-refractivity contribution in [3.05, 3.63) is 0 Å². The average Bonchev–Trinajstić information content (AvgIpc) is 3.30. The first-order valence-electron chi connectivity index (χ1n) is 18.1. The summed E-state index contributed by atoms with van der Waals surface area (Å²) >= 11 is 0. The van der Waals surface area contributed by atoms with Crippen LogP contribution in [-0.2, 0) is 19.1 Å². The zero-order valence-electron chi connectivity index (χ0n) is 28.0. The van der Waals surface area contributed by atoms with Gasteiger partial charge in [-0.25, -0.2) is 0 Å². The van der Waals surface area contributed by atoms with Crippen LogP contribution < -0.4 is 17.0 Å². The van der Waals surface area contributed by atoms with Crippen LogP contribution in [0.4, 0.5) is 0 Å². The van der Waals surface area contributed by atoms with E-state index in [1.807, 2.05) is 13.8 Å². The number of ether oxygens (including phenoxy) is 2. The summed E-state index contributed by atoms with van der Waals surface area (Å²) in [6.07, 6.45) is 17.3. The fraction of sp³-hybridized carbons (Fsp3) is 0.944. The summed E-state index contributed by atoms with van der Waals surface area (Å²) in [5.74, 6) is 2.68. The SMILES string of the molecule is CCC(=O)O[C@H]1C[C@@H]2CC[C@@H]3[C@H](CC[C@]4(C)[C@H](OC(=O)CC)[C@@H]([N+]5(C)CCCCC5)C[C@@H]34)[C@@]2(C)C[C@@H]1N1CCCCC1.[Br-]. The minimum Gasteiger partial charge on any atom is -1.00 e. The number of carbonyl (C=O) groups excluding carboxylic acids is 2. The number of halogens is 1. The first-order valence-corrected chi connectivity index (χ1v) is 18.1. The monoisotopic (exact) mass is 664 g/mol. The number of quaternary nitrogens is 1. The third-order valence-corrected chi connectivity index (χ3v) is 14.2. The van der Waals surface area contributed by atoms with Gasteiger partial charge in [0.25, 0.3) is 0 Å². The highest BCUT2D eigenvalue weighted by Crippen LogP contribution is 2.67. The fourth-order valence-electron chi connectivity index (χ4n) is 11.8. The molecule has 2 heterocycles. The van der Waals surface area contributed by atoms with Crippen LogP contribution in [0.2, 0.25) is 0 Å². The summed E-state index contributed by atoms with van der Waals surface area (Å²) in [7, 11) is 2.48. The highest BCUT2D eigenvalue weighted by Gasteiger charge is 2.67. The Hall–Kier alpha value is -0.660. The molecule has 0 aromatic rings. The van der Waals surface area contributed by atoms with Crippen molar-refractivity contribution in [1.29, 1.82) is 0 Å². The Kier molecular flexibility index (Phi) is 10.4. The molecule has 6 rings (SSSR count). The van der Waals surface area contributed by atoms with Gasteiger partial charge < -0.3 is 30.9 Å². The first-order chi connectivity index (χ1) is 20.1. The van der Waals surface area contributed by atoms with Crippen LogP contribution in [0.3, 0.4) is 0 Å². The molecule has 0 N–H and O–H groups in total. The Balaban J connectivity index is 0.00000368. The molecule has 6 fully saturated rings. The molecule has 0 aromatic carbocycles. The summed E-state index contributed by atoms with van der Waals surface area (Å²) in [4.78, 5) is 28.2. The summed E-state index contributed by atoms with van der Waals surface area (Å²) < 4.78 is 13.9. The third-order valence-electron chi connectivity index (χ3n) is 14.2. The lowest BCUT2D eigenvalue weighted by atomic mass is 9.44. The fourth-order valence-corrected chi connectivity index (χ4v) is 11.8. The largest absolute Gasteiger partial charge is 1.00 e. The number of nitrogens with zero attached hydrogens (tertiary/aromatic N) is 2. The van der Waals surface area contributed by atoms with Crippen LogP contribution in [0, 0.1) is 34.5 Å². The molecule has 0 radical (unpaired) electrons. The van der Waals surface area contributed by atoms with E-state index in [2.05, 4.69) is 25.8 Å². The van der Waals surface area contributed by atoms with Crippen LogP contribution >= 0.6 is 0 Å². The lowest BCUT2D eigenvalue weighted by molar-refractivity contribution is -0.940.